The predicted octanol–water partition coefficient (Wildman–Crippen LogP) is 3.99. The zero-order chi connectivity index (χ0) is 15.1. The van der Waals surface area contributed by atoms with Crippen molar-refractivity contribution in [3.8, 4) is 28.1 Å². The van der Waals surface area contributed by atoms with Crippen molar-refractivity contribution in [2.24, 2.45) is 0 Å². The van der Waals surface area contributed by atoms with Gasteiger partial charge in [-0.3, -0.25) is 5.10 Å². The van der Waals surface area contributed by atoms with Crippen LogP contribution in [0.3, 0.4) is 0 Å². The van der Waals surface area contributed by atoms with Gasteiger partial charge in [-0.25, -0.2) is 0 Å². The summed E-state index contributed by atoms with van der Waals surface area (Å²) in [5.41, 5.74) is 8.08. The van der Waals surface area contributed by atoms with Crippen LogP contribution in [-0.4, -0.2) is 17.3 Å². The molecule has 2 N–H and O–H groups in total. The quantitative estimate of drug-likeness (QED) is 0.750. The van der Waals surface area contributed by atoms with E-state index < -0.39 is 0 Å². The fourth-order valence-corrected chi connectivity index (χ4v) is 2.99. The van der Waals surface area contributed by atoms with Gasteiger partial charge in [-0.1, -0.05) is 23.8 Å². The number of ether oxygens (including phenoxy) is 1. The van der Waals surface area contributed by atoms with E-state index >= 15 is 0 Å². The topological polar surface area (TPSA) is 49.9 Å². The van der Waals surface area contributed by atoms with E-state index in [0.717, 1.165) is 40.4 Å². The maximum atomic E-state index is 5.51. The molecule has 0 fully saturated rings. The Morgan fingerprint density at radius 3 is 2.86 bits per heavy atom. The molecule has 2 aromatic carbocycles. The van der Waals surface area contributed by atoms with Crippen LogP contribution in [0.15, 0.2) is 42.6 Å². The van der Waals surface area contributed by atoms with Gasteiger partial charge in [0.25, 0.3) is 0 Å². The highest BCUT2D eigenvalue weighted by Crippen LogP contribution is 2.39. The van der Waals surface area contributed by atoms with Gasteiger partial charge >= 0.3 is 0 Å². The number of rotatable bonds is 2. The molecule has 0 unspecified atom stereocenters. The first-order chi connectivity index (χ1) is 10.8. The maximum absolute atomic E-state index is 5.51. The largest absolute Gasteiger partial charge is 0.496 e. The Morgan fingerprint density at radius 2 is 2.00 bits per heavy atom. The lowest BCUT2D eigenvalue weighted by Crippen LogP contribution is -2.07. The normalized spacial score (nSPS) is 12.3. The van der Waals surface area contributed by atoms with Crippen molar-refractivity contribution in [2.75, 3.05) is 12.4 Å². The minimum atomic E-state index is 0.799. The van der Waals surface area contributed by atoms with E-state index in [4.69, 9.17) is 4.74 Å². The number of hydrogen-bond acceptors (Lipinski definition) is 3. The van der Waals surface area contributed by atoms with Crippen molar-refractivity contribution >= 4 is 5.69 Å². The third-order valence-corrected chi connectivity index (χ3v) is 4.14. The molecule has 4 rings (SSSR count). The molecule has 110 valence electrons. The predicted molar refractivity (Wildman–Crippen MR) is 88.1 cm³/mol. The van der Waals surface area contributed by atoms with Gasteiger partial charge in [0.15, 0.2) is 0 Å². The summed E-state index contributed by atoms with van der Waals surface area (Å²) < 4.78 is 5.51. The van der Waals surface area contributed by atoms with E-state index in [0.29, 0.717) is 0 Å². The molecular weight excluding hydrogens is 274 g/mol. The Hall–Kier alpha value is -2.75. The standard InChI is InChI=1S/C18H17N3O/c1-11-3-6-17(22-2)15(7-11)12-4-5-14-16(8-12)19-9-13-10-20-21-18(13)14/h3-8,10,19H,9H2,1-2H3,(H,20,21). The van der Waals surface area contributed by atoms with Crippen LogP contribution < -0.4 is 10.1 Å². The molecule has 22 heavy (non-hydrogen) atoms. The number of aryl methyl sites for hydroxylation is 1. The summed E-state index contributed by atoms with van der Waals surface area (Å²) in [6.45, 7) is 2.89. The molecule has 3 aromatic rings. The summed E-state index contributed by atoms with van der Waals surface area (Å²) in [4.78, 5) is 0. The van der Waals surface area contributed by atoms with Gasteiger partial charge < -0.3 is 10.1 Å². The van der Waals surface area contributed by atoms with Crippen LogP contribution in [-0.2, 0) is 6.54 Å². The smallest absolute Gasteiger partial charge is 0.126 e. The highest BCUT2D eigenvalue weighted by Gasteiger charge is 2.18. The molecule has 1 aliphatic rings. The first kappa shape index (κ1) is 13.0. The third kappa shape index (κ3) is 1.96. The van der Waals surface area contributed by atoms with E-state index in [1.54, 1.807) is 7.11 Å². The highest BCUT2D eigenvalue weighted by molar-refractivity contribution is 5.85. The number of anilines is 1. The monoisotopic (exact) mass is 291 g/mol. The molecule has 0 saturated heterocycles. The van der Waals surface area contributed by atoms with Crippen molar-refractivity contribution in [3.63, 3.8) is 0 Å². The Balaban J connectivity index is 1.85. The molecule has 0 aliphatic carbocycles. The Morgan fingerprint density at radius 1 is 1.09 bits per heavy atom. The van der Waals surface area contributed by atoms with Crippen molar-refractivity contribution in [3.05, 3.63) is 53.7 Å². The molecule has 0 atom stereocenters. The number of nitrogens with zero attached hydrogens (tertiary/aromatic N) is 1. The zero-order valence-corrected chi connectivity index (χ0v) is 12.6. The molecular formula is C18H17N3O. The van der Waals surface area contributed by atoms with Gasteiger partial charge in [-0.2, -0.15) is 5.10 Å². The first-order valence-corrected chi connectivity index (χ1v) is 7.32. The second kappa shape index (κ2) is 4.91. The zero-order valence-electron chi connectivity index (χ0n) is 12.6. The molecule has 0 bridgehead atoms. The van der Waals surface area contributed by atoms with Crippen LogP contribution >= 0.6 is 0 Å². The summed E-state index contributed by atoms with van der Waals surface area (Å²) in [6, 6.07) is 12.7. The lowest BCUT2D eigenvalue weighted by Gasteiger charge is -2.19. The number of fused-ring (bicyclic) bond motifs is 3. The van der Waals surface area contributed by atoms with Crippen LogP contribution in [0, 0.1) is 6.92 Å². The van der Waals surface area contributed by atoms with E-state index in [1.165, 1.54) is 11.1 Å². The fraction of sp³-hybridized carbons (Fsp3) is 0.167. The molecule has 1 aromatic heterocycles. The molecule has 4 heteroatoms. The first-order valence-electron chi connectivity index (χ1n) is 7.32. The van der Waals surface area contributed by atoms with Gasteiger partial charge in [0, 0.05) is 28.9 Å². The molecule has 0 radical (unpaired) electrons. The van der Waals surface area contributed by atoms with Gasteiger partial charge in [-0.05, 0) is 30.7 Å². The van der Waals surface area contributed by atoms with Gasteiger partial charge in [-0.15, -0.1) is 0 Å². The third-order valence-electron chi connectivity index (χ3n) is 4.14. The van der Waals surface area contributed by atoms with Crippen LogP contribution in [0.5, 0.6) is 5.75 Å². The summed E-state index contributed by atoms with van der Waals surface area (Å²) in [6.07, 6.45) is 1.88. The summed E-state index contributed by atoms with van der Waals surface area (Å²) in [7, 11) is 1.71. The molecule has 2 heterocycles. The molecule has 1 aliphatic heterocycles. The molecule has 0 spiro atoms. The number of hydrogen-bond donors (Lipinski definition) is 2. The van der Waals surface area contributed by atoms with Crippen LogP contribution in [0.2, 0.25) is 0 Å². The van der Waals surface area contributed by atoms with E-state index in [2.05, 4.69) is 52.8 Å². The molecule has 4 nitrogen and oxygen atoms in total. The van der Waals surface area contributed by atoms with E-state index in [9.17, 15) is 0 Å². The van der Waals surface area contributed by atoms with Crippen LogP contribution in [0.4, 0.5) is 5.69 Å². The minimum absolute atomic E-state index is 0.799. The Kier molecular flexibility index (Phi) is 2.89. The SMILES string of the molecule is COc1ccc(C)cc1-c1ccc2c(c1)NCc1cn[nH]c1-2. The lowest BCUT2D eigenvalue weighted by molar-refractivity contribution is 0.416. The Labute approximate surface area is 129 Å². The van der Waals surface area contributed by atoms with Gasteiger partial charge in [0.2, 0.25) is 0 Å². The van der Waals surface area contributed by atoms with E-state index in [-0.39, 0.29) is 0 Å². The second-order valence-corrected chi connectivity index (χ2v) is 5.59. The maximum Gasteiger partial charge on any atom is 0.126 e. The number of aromatic amines is 1. The summed E-state index contributed by atoms with van der Waals surface area (Å²) >= 11 is 0. The molecule has 0 saturated carbocycles. The van der Waals surface area contributed by atoms with Crippen LogP contribution in [0.1, 0.15) is 11.1 Å². The van der Waals surface area contributed by atoms with Gasteiger partial charge in [0.05, 0.1) is 19.0 Å². The second-order valence-electron chi connectivity index (χ2n) is 5.59. The van der Waals surface area contributed by atoms with Crippen molar-refractivity contribution in [1.82, 2.24) is 10.2 Å². The minimum Gasteiger partial charge on any atom is -0.496 e. The van der Waals surface area contributed by atoms with E-state index in [1.807, 2.05) is 12.3 Å². The van der Waals surface area contributed by atoms with Crippen molar-refractivity contribution in [2.45, 2.75) is 13.5 Å². The van der Waals surface area contributed by atoms with Crippen molar-refractivity contribution < 1.29 is 4.74 Å². The summed E-state index contributed by atoms with van der Waals surface area (Å²) in [5, 5.41) is 10.7. The van der Waals surface area contributed by atoms with Crippen LogP contribution in [0.25, 0.3) is 22.4 Å². The number of nitrogens with one attached hydrogen (secondary N) is 2. The summed E-state index contributed by atoms with van der Waals surface area (Å²) in [5.74, 6) is 0.892. The van der Waals surface area contributed by atoms with Crippen molar-refractivity contribution in [1.29, 1.82) is 0 Å². The number of methoxy groups -OCH3 is 1. The average molecular weight is 291 g/mol. The van der Waals surface area contributed by atoms with Gasteiger partial charge in [0.1, 0.15) is 5.75 Å². The number of aromatic nitrogens is 2. The number of benzene rings is 2. The molecule has 0 amide bonds. The Bertz CT molecular complexity index is 851. The highest BCUT2D eigenvalue weighted by atomic mass is 16.5. The number of H-pyrrole nitrogens is 1. The fourth-order valence-electron chi connectivity index (χ4n) is 2.99. The lowest BCUT2D eigenvalue weighted by atomic mass is 9.96. The average Bonchev–Trinajstić information content (AvgIpc) is 3.03.